The molecule has 1 aromatic rings. The Bertz CT molecular complexity index is 478. The molecule has 0 unspecified atom stereocenters. The summed E-state index contributed by atoms with van der Waals surface area (Å²) in [5.41, 5.74) is 1.50. The van der Waals surface area contributed by atoms with Crippen LogP contribution in [0.3, 0.4) is 0 Å². The number of rotatable bonds is 0. The van der Waals surface area contributed by atoms with Gasteiger partial charge >= 0.3 is 11.9 Å². The van der Waals surface area contributed by atoms with Gasteiger partial charge in [-0.1, -0.05) is 24.3 Å². The summed E-state index contributed by atoms with van der Waals surface area (Å²) in [5, 5.41) is 0. The van der Waals surface area contributed by atoms with Gasteiger partial charge in [0.25, 0.3) is 0 Å². The van der Waals surface area contributed by atoms with Crippen LogP contribution in [0, 0.1) is 0 Å². The molecule has 1 heterocycles. The zero-order chi connectivity index (χ0) is 11.2. The fourth-order valence-electron chi connectivity index (χ4n) is 2.87. The van der Waals surface area contributed by atoms with Gasteiger partial charge in [0.2, 0.25) is 0 Å². The van der Waals surface area contributed by atoms with Gasteiger partial charge in [-0.25, -0.2) is 0 Å². The van der Waals surface area contributed by atoms with Gasteiger partial charge in [0.05, 0.1) is 6.42 Å². The first-order valence-corrected chi connectivity index (χ1v) is 5.56. The highest BCUT2D eigenvalue weighted by atomic mass is 16.6. The van der Waals surface area contributed by atoms with E-state index in [4.69, 9.17) is 4.74 Å². The molecule has 0 bridgehead atoms. The van der Waals surface area contributed by atoms with Crippen LogP contribution >= 0.6 is 0 Å². The van der Waals surface area contributed by atoms with Gasteiger partial charge in [-0.15, -0.1) is 0 Å². The molecular formula is C13H12O3. The van der Waals surface area contributed by atoms with E-state index in [1.807, 2.05) is 24.3 Å². The Balaban J connectivity index is 2.17. The summed E-state index contributed by atoms with van der Waals surface area (Å²) in [7, 11) is 0. The molecule has 3 nitrogen and oxygen atoms in total. The van der Waals surface area contributed by atoms with Crippen LogP contribution in [-0.2, 0) is 26.2 Å². The Morgan fingerprint density at radius 1 is 1.19 bits per heavy atom. The SMILES string of the molecule is O=C1C[C@@]2(CCCc3ccccc32)C(=O)O1. The molecule has 0 saturated carbocycles. The summed E-state index contributed by atoms with van der Waals surface area (Å²) in [6, 6.07) is 7.88. The smallest absolute Gasteiger partial charge is 0.324 e. The second-order valence-electron chi connectivity index (χ2n) is 4.53. The van der Waals surface area contributed by atoms with Crippen LogP contribution in [-0.4, -0.2) is 11.9 Å². The van der Waals surface area contributed by atoms with Crippen LogP contribution in [0.15, 0.2) is 24.3 Å². The number of hydrogen-bond donors (Lipinski definition) is 0. The zero-order valence-corrected chi connectivity index (χ0v) is 8.86. The molecule has 0 N–H and O–H groups in total. The average Bonchev–Trinajstić information content (AvgIpc) is 2.55. The number of carbonyl (C=O) groups excluding carboxylic acids is 2. The molecule has 1 fully saturated rings. The summed E-state index contributed by atoms with van der Waals surface area (Å²) in [6.45, 7) is 0. The standard InChI is InChI=1S/C13H12O3/c14-11-8-13(12(15)16-11)7-3-5-9-4-1-2-6-10(9)13/h1-2,4,6H,3,5,7-8H2/t13-/m1/s1. The van der Waals surface area contributed by atoms with E-state index in [0.29, 0.717) is 0 Å². The predicted octanol–water partition coefficient (Wildman–Crippen LogP) is 1.73. The number of fused-ring (bicyclic) bond motifs is 2. The number of benzene rings is 1. The minimum atomic E-state index is -0.675. The van der Waals surface area contributed by atoms with Gasteiger partial charge in [-0.2, -0.15) is 0 Å². The number of ether oxygens (including phenoxy) is 1. The van der Waals surface area contributed by atoms with Crippen molar-refractivity contribution in [3.8, 4) is 0 Å². The molecule has 16 heavy (non-hydrogen) atoms. The van der Waals surface area contributed by atoms with Crippen molar-refractivity contribution >= 4 is 11.9 Å². The lowest BCUT2D eigenvalue weighted by Crippen LogP contribution is -2.35. The largest absolute Gasteiger partial charge is 0.392 e. The molecule has 1 spiro atoms. The molecule has 1 aliphatic carbocycles. The first kappa shape index (κ1) is 9.58. The molecule has 3 heteroatoms. The summed E-state index contributed by atoms with van der Waals surface area (Å²) in [4.78, 5) is 23.2. The van der Waals surface area contributed by atoms with E-state index in [1.54, 1.807) is 0 Å². The highest BCUT2D eigenvalue weighted by molar-refractivity contribution is 6.01. The van der Waals surface area contributed by atoms with Crippen molar-refractivity contribution in [2.45, 2.75) is 31.1 Å². The van der Waals surface area contributed by atoms with Crippen LogP contribution in [0.5, 0.6) is 0 Å². The monoisotopic (exact) mass is 216 g/mol. The molecule has 82 valence electrons. The number of esters is 2. The molecule has 3 rings (SSSR count). The lowest BCUT2D eigenvalue weighted by molar-refractivity contribution is -0.153. The number of cyclic esters (lactones) is 2. The highest BCUT2D eigenvalue weighted by Gasteiger charge is 2.52. The van der Waals surface area contributed by atoms with Gasteiger partial charge in [-0.3, -0.25) is 9.59 Å². The Hall–Kier alpha value is -1.64. The molecule has 0 amide bonds. The van der Waals surface area contributed by atoms with Crippen molar-refractivity contribution < 1.29 is 14.3 Å². The van der Waals surface area contributed by atoms with E-state index < -0.39 is 5.41 Å². The normalized spacial score (nSPS) is 28.0. The third kappa shape index (κ3) is 1.14. The molecule has 0 aromatic heterocycles. The minimum Gasteiger partial charge on any atom is -0.392 e. The van der Waals surface area contributed by atoms with Crippen molar-refractivity contribution in [1.82, 2.24) is 0 Å². The zero-order valence-electron chi connectivity index (χ0n) is 8.86. The van der Waals surface area contributed by atoms with Gasteiger partial charge < -0.3 is 4.74 Å². The topological polar surface area (TPSA) is 43.4 Å². The average molecular weight is 216 g/mol. The van der Waals surface area contributed by atoms with E-state index in [2.05, 4.69) is 0 Å². The number of aryl methyl sites for hydroxylation is 1. The van der Waals surface area contributed by atoms with Crippen molar-refractivity contribution in [2.75, 3.05) is 0 Å². The van der Waals surface area contributed by atoms with Crippen LogP contribution in [0.1, 0.15) is 30.4 Å². The summed E-state index contributed by atoms with van der Waals surface area (Å²) < 4.78 is 4.73. The molecule has 0 radical (unpaired) electrons. The second-order valence-corrected chi connectivity index (χ2v) is 4.53. The van der Waals surface area contributed by atoms with Crippen LogP contribution < -0.4 is 0 Å². The van der Waals surface area contributed by atoms with Crippen molar-refractivity contribution in [3.63, 3.8) is 0 Å². The van der Waals surface area contributed by atoms with E-state index in [-0.39, 0.29) is 18.4 Å². The first-order chi connectivity index (χ1) is 7.72. The van der Waals surface area contributed by atoms with Gasteiger partial charge in [0.15, 0.2) is 0 Å². The van der Waals surface area contributed by atoms with Crippen LogP contribution in [0.4, 0.5) is 0 Å². The van der Waals surface area contributed by atoms with Gasteiger partial charge in [0, 0.05) is 0 Å². The minimum absolute atomic E-state index is 0.211. The molecular weight excluding hydrogens is 204 g/mol. The Morgan fingerprint density at radius 2 is 2.00 bits per heavy atom. The number of hydrogen-bond acceptors (Lipinski definition) is 3. The van der Waals surface area contributed by atoms with Crippen LogP contribution in [0.2, 0.25) is 0 Å². The second kappa shape index (κ2) is 3.17. The third-order valence-electron chi connectivity index (χ3n) is 3.63. The fraction of sp³-hybridized carbons (Fsp3) is 0.385. The molecule has 1 aromatic carbocycles. The van der Waals surface area contributed by atoms with E-state index >= 15 is 0 Å². The Kier molecular flexibility index (Phi) is 1.90. The van der Waals surface area contributed by atoms with E-state index in [0.717, 1.165) is 24.8 Å². The summed E-state index contributed by atoms with van der Waals surface area (Å²) in [6.07, 6.45) is 2.87. The summed E-state index contributed by atoms with van der Waals surface area (Å²) in [5.74, 6) is -0.744. The van der Waals surface area contributed by atoms with Crippen molar-refractivity contribution in [2.24, 2.45) is 0 Å². The maximum absolute atomic E-state index is 11.9. The van der Waals surface area contributed by atoms with Crippen molar-refractivity contribution in [1.29, 1.82) is 0 Å². The molecule has 1 saturated heterocycles. The summed E-state index contributed by atoms with van der Waals surface area (Å²) >= 11 is 0. The van der Waals surface area contributed by atoms with Gasteiger partial charge in [0.1, 0.15) is 5.41 Å². The third-order valence-corrected chi connectivity index (χ3v) is 3.63. The Labute approximate surface area is 93.4 Å². The van der Waals surface area contributed by atoms with Crippen LogP contribution in [0.25, 0.3) is 0 Å². The molecule has 1 aliphatic heterocycles. The maximum Gasteiger partial charge on any atom is 0.324 e. The maximum atomic E-state index is 11.9. The van der Waals surface area contributed by atoms with E-state index in [1.165, 1.54) is 5.56 Å². The van der Waals surface area contributed by atoms with E-state index in [9.17, 15) is 9.59 Å². The number of carbonyl (C=O) groups is 2. The lowest BCUT2D eigenvalue weighted by Gasteiger charge is -2.31. The lowest BCUT2D eigenvalue weighted by atomic mass is 9.69. The molecule has 1 atom stereocenters. The van der Waals surface area contributed by atoms with Gasteiger partial charge in [-0.05, 0) is 30.4 Å². The predicted molar refractivity (Wildman–Crippen MR) is 56.8 cm³/mol. The van der Waals surface area contributed by atoms with Crippen molar-refractivity contribution in [3.05, 3.63) is 35.4 Å². The highest BCUT2D eigenvalue weighted by Crippen LogP contribution is 2.44. The molecule has 2 aliphatic rings. The Morgan fingerprint density at radius 3 is 2.75 bits per heavy atom. The first-order valence-electron chi connectivity index (χ1n) is 5.56. The quantitative estimate of drug-likeness (QED) is 0.490. The fourth-order valence-corrected chi connectivity index (χ4v) is 2.87.